The molecule has 0 bridgehead atoms. The molecular formula is C10H18F2NO3P. The zero-order valence-electron chi connectivity index (χ0n) is 10.4. The van der Waals surface area contributed by atoms with E-state index in [1.54, 1.807) is 6.92 Å². The van der Waals surface area contributed by atoms with E-state index in [0.29, 0.717) is 0 Å². The first-order valence-electron chi connectivity index (χ1n) is 5.12. The molecule has 0 aromatic rings. The molecule has 0 radical (unpaired) electrons. The second kappa shape index (κ2) is 5.71. The lowest BCUT2D eigenvalue weighted by molar-refractivity contribution is -0.157. The molecule has 0 aliphatic carbocycles. The van der Waals surface area contributed by atoms with Crippen LogP contribution < -0.4 is 0 Å². The standard InChI is InChI=1S/C10H18F2NO3P/c1-5-16-8(15)9(2,3)6-13(4)7(14)10(11,12)17/h5-6,17H2,1-4H3. The summed E-state index contributed by atoms with van der Waals surface area (Å²) in [6, 6.07) is 0. The Hall–Kier alpha value is -0.770. The molecule has 0 aromatic heterocycles. The summed E-state index contributed by atoms with van der Waals surface area (Å²) in [5, 5.41) is 0. The molecule has 0 saturated heterocycles. The van der Waals surface area contributed by atoms with Crippen LogP contribution in [0.15, 0.2) is 0 Å². The SMILES string of the molecule is CCOC(=O)C(C)(C)CN(C)C(=O)C(F)(F)P. The summed E-state index contributed by atoms with van der Waals surface area (Å²) in [7, 11) is 2.40. The Morgan fingerprint density at radius 2 is 1.82 bits per heavy atom. The van der Waals surface area contributed by atoms with Crippen LogP contribution in [0, 0.1) is 5.41 Å². The van der Waals surface area contributed by atoms with Crippen LogP contribution in [0.4, 0.5) is 8.78 Å². The summed E-state index contributed by atoms with van der Waals surface area (Å²) in [6.07, 6.45) is 0. The predicted molar refractivity (Wildman–Crippen MR) is 62.7 cm³/mol. The van der Waals surface area contributed by atoms with E-state index in [1.807, 2.05) is 0 Å². The van der Waals surface area contributed by atoms with Crippen molar-refractivity contribution in [3.8, 4) is 0 Å². The highest BCUT2D eigenvalue weighted by Gasteiger charge is 2.39. The Bertz CT molecular complexity index is 302. The van der Waals surface area contributed by atoms with Gasteiger partial charge < -0.3 is 9.64 Å². The van der Waals surface area contributed by atoms with Crippen LogP contribution in [0.25, 0.3) is 0 Å². The Morgan fingerprint density at radius 3 is 2.18 bits per heavy atom. The zero-order chi connectivity index (χ0) is 13.9. The molecule has 0 aromatic carbocycles. The van der Waals surface area contributed by atoms with Crippen LogP contribution >= 0.6 is 9.24 Å². The molecular weight excluding hydrogens is 251 g/mol. The van der Waals surface area contributed by atoms with Gasteiger partial charge in [-0.15, -0.1) is 0 Å². The topological polar surface area (TPSA) is 46.6 Å². The highest BCUT2D eigenvalue weighted by molar-refractivity contribution is 7.20. The Morgan fingerprint density at radius 1 is 1.35 bits per heavy atom. The number of hydrogen-bond acceptors (Lipinski definition) is 3. The van der Waals surface area contributed by atoms with Gasteiger partial charge in [0.15, 0.2) is 0 Å². The van der Waals surface area contributed by atoms with Gasteiger partial charge in [-0.2, -0.15) is 8.78 Å². The predicted octanol–water partition coefficient (Wildman–Crippen LogP) is 1.50. The second-order valence-electron chi connectivity index (χ2n) is 4.39. The van der Waals surface area contributed by atoms with Crippen molar-refractivity contribution >= 4 is 21.1 Å². The van der Waals surface area contributed by atoms with Crippen molar-refractivity contribution in [2.75, 3.05) is 20.2 Å². The number of ether oxygens (including phenoxy) is 1. The van der Waals surface area contributed by atoms with Crippen molar-refractivity contribution in [2.45, 2.75) is 26.4 Å². The second-order valence-corrected chi connectivity index (χ2v) is 5.11. The van der Waals surface area contributed by atoms with Crippen molar-refractivity contribution < 1.29 is 23.1 Å². The summed E-state index contributed by atoms with van der Waals surface area (Å²) in [5.41, 5.74) is -4.53. The third-order valence-electron chi connectivity index (χ3n) is 2.09. The highest BCUT2D eigenvalue weighted by atomic mass is 31.0. The van der Waals surface area contributed by atoms with Crippen molar-refractivity contribution in [3.05, 3.63) is 0 Å². The van der Waals surface area contributed by atoms with E-state index >= 15 is 0 Å². The number of carbonyl (C=O) groups excluding carboxylic acids is 2. The van der Waals surface area contributed by atoms with Crippen LogP contribution in [0.5, 0.6) is 0 Å². The minimum absolute atomic E-state index is 0.130. The summed E-state index contributed by atoms with van der Waals surface area (Å²) in [6.45, 7) is 4.81. The largest absolute Gasteiger partial charge is 0.466 e. The highest BCUT2D eigenvalue weighted by Crippen LogP contribution is 2.26. The van der Waals surface area contributed by atoms with Gasteiger partial charge in [-0.3, -0.25) is 9.59 Å². The molecule has 0 rings (SSSR count). The first-order chi connectivity index (χ1) is 7.52. The quantitative estimate of drug-likeness (QED) is 0.561. The van der Waals surface area contributed by atoms with Gasteiger partial charge in [0.25, 0.3) is 5.91 Å². The van der Waals surface area contributed by atoms with Crippen LogP contribution in [0.2, 0.25) is 0 Å². The molecule has 0 saturated carbocycles. The first-order valence-corrected chi connectivity index (χ1v) is 5.69. The minimum atomic E-state index is -3.51. The number of nitrogens with zero attached hydrogens (tertiary/aromatic N) is 1. The van der Waals surface area contributed by atoms with E-state index < -0.39 is 23.0 Å². The fourth-order valence-electron chi connectivity index (χ4n) is 1.31. The number of amides is 1. The number of alkyl halides is 2. The third kappa shape index (κ3) is 4.94. The van der Waals surface area contributed by atoms with Crippen LogP contribution in [0.1, 0.15) is 20.8 Å². The molecule has 0 aliphatic rings. The summed E-state index contributed by atoms with van der Waals surface area (Å²) in [5.74, 6) is -1.87. The van der Waals surface area contributed by atoms with Crippen LogP contribution in [-0.4, -0.2) is 42.6 Å². The maximum absolute atomic E-state index is 12.7. The molecule has 0 N–H and O–H groups in total. The number of hydrogen-bond donors (Lipinski definition) is 0. The van der Waals surface area contributed by atoms with Crippen molar-refractivity contribution in [1.29, 1.82) is 0 Å². The van der Waals surface area contributed by atoms with Crippen molar-refractivity contribution in [1.82, 2.24) is 4.90 Å². The molecule has 4 nitrogen and oxygen atoms in total. The van der Waals surface area contributed by atoms with Gasteiger partial charge in [0.1, 0.15) is 0 Å². The van der Waals surface area contributed by atoms with Gasteiger partial charge in [-0.05, 0) is 20.8 Å². The van der Waals surface area contributed by atoms with E-state index in [9.17, 15) is 18.4 Å². The molecule has 1 amide bonds. The lowest BCUT2D eigenvalue weighted by atomic mass is 9.93. The van der Waals surface area contributed by atoms with Gasteiger partial charge in [0, 0.05) is 13.6 Å². The normalized spacial score (nSPS) is 12.2. The monoisotopic (exact) mass is 269 g/mol. The molecule has 0 heterocycles. The molecule has 100 valence electrons. The number of halogens is 2. The van der Waals surface area contributed by atoms with Gasteiger partial charge in [0.05, 0.1) is 12.0 Å². The Kier molecular flexibility index (Phi) is 5.46. The van der Waals surface area contributed by atoms with Gasteiger partial charge in [-0.25, -0.2) is 0 Å². The molecule has 1 atom stereocenters. The molecule has 1 unspecified atom stereocenters. The summed E-state index contributed by atoms with van der Waals surface area (Å²) >= 11 is 0. The van der Waals surface area contributed by atoms with Crippen LogP contribution in [0.3, 0.4) is 0 Å². The number of carbonyl (C=O) groups is 2. The molecule has 17 heavy (non-hydrogen) atoms. The Balaban J connectivity index is 4.62. The average molecular weight is 269 g/mol. The van der Waals surface area contributed by atoms with Gasteiger partial charge in [-0.1, -0.05) is 9.24 Å². The molecule has 0 spiro atoms. The zero-order valence-corrected chi connectivity index (χ0v) is 11.6. The number of esters is 1. The van der Waals surface area contributed by atoms with Crippen LogP contribution in [-0.2, 0) is 14.3 Å². The van der Waals surface area contributed by atoms with Gasteiger partial charge in [0.2, 0.25) is 0 Å². The lowest BCUT2D eigenvalue weighted by Crippen LogP contribution is -2.45. The lowest BCUT2D eigenvalue weighted by Gasteiger charge is -2.29. The minimum Gasteiger partial charge on any atom is -0.466 e. The van der Waals surface area contributed by atoms with E-state index in [-0.39, 0.29) is 13.2 Å². The maximum atomic E-state index is 12.7. The van der Waals surface area contributed by atoms with E-state index in [0.717, 1.165) is 4.90 Å². The van der Waals surface area contributed by atoms with E-state index in [1.165, 1.54) is 30.1 Å². The van der Waals surface area contributed by atoms with Gasteiger partial charge >= 0.3 is 11.6 Å². The third-order valence-corrected chi connectivity index (χ3v) is 2.34. The summed E-state index contributed by atoms with van der Waals surface area (Å²) in [4.78, 5) is 23.6. The fourth-order valence-corrected chi connectivity index (χ4v) is 1.53. The maximum Gasteiger partial charge on any atom is 0.335 e. The first kappa shape index (κ1) is 16.2. The fraction of sp³-hybridized carbons (Fsp3) is 0.800. The molecule has 0 aliphatic heterocycles. The van der Waals surface area contributed by atoms with Crippen molar-refractivity contribution in [3.63, 3.8) is 0 Å². The smallest absolute Gasteiger partial charge is 0.335 e. The van der Waals surface area contributed by atoms with E-state index in [4.69, 9.17) is 4.74 Å². The number of rotatable bonds is 5. The van der Waals surface area contributed by atoms with Crippen molar-refractivity contribution in [2.24, 2.45) is 5.41 Å². The summed E-state index contributed by atoms with van der Waals surface area (Å²) < 4.78 is 30.3. The molecule has 7 heteroatoms. The van der Waals surface area contributed by atoms with E-state index in [2.05, 4.69) is 0 Å². The Labute approximate surface area is 102 Å². The molecule has 0 fully saturated rings. The average Bonchev–Trinajstić information content (AvgIpc) is 2.14.